The molecule has 9 heteroatoms. The van der Waals surface area contributed by atoms with Crippen molar-refractivity contribution < 1.29 is 27.2 Å². The van der Waals surface area contributed by atoms with Crippen LogP contribution in [-0.4, -0.2) is 66.1 Å². The largest absolute Gasteiger partial charge is 0.497 e. The molecular weight excluding hydrogens is 397 g/mol. The summed E-state index contributed by atoms with van der Waals surface area (Å²) in [7, 11) is -0.487. The van der Waals surface area contributed by atoms with Gasteiger partial charge in [-0.2, -0.15) is 0 Å². The lowest BCUT2D eigenvalue weighted by Gasteiger charge is -2.32. The summed E-state index contributed by atoms with van der Waals surface area (Å²) in [5.74, 6) is -0.240. The van der Waals surface area contributed by atoms with Crippen molar-refractivity contribution in [3.8, 4) is 5.75 Å². The molecule has 0 aromatic heterocycles. The Labute approximate surface area is 170 Å². The Kier molecular flexibility index (Phi) is 6.39. The molecule has 29 heavy (non-hydrogen) atoms. The van der Waals surface area contributed by atoms with E-state index in [2.05, 4.69) is 7.05 Å². The summed E-state index contributed by atoms with van der Waals surface area (Å²) in [6.07, 6.45) is 0. The normalized spacial score (nSPS) is 15.2. The molecule has 0 unspecified atom stereocenters. The molecule has 1 heterocycles. The number of halogens is 1. The minimum Gasteiger partial charge on any atom is -0.497 e. The van der Waals surface area contributed by atoms with Gasteiger partial charge in [-0.25, -0.2) is 12.8 Å². The van der Waals surface area contributed by atoms with Crippen LogP contribution in [0.3, 0.4) is 0 Å². The zero-order chi connectivity index (χ0) is 21.0. The minimum absolute atomic E-state index is 0.0262. The van der Waals surface area contributed by atoms with Crippen LogP contribution in [0.5, 0.6) is 5.75 Å². The summed E-state index contributed by atoms with van der Waals surface area (Å²) < 4.78 is 46.1. The molecule has 0 atom stereocenters. The molecule has 2 aromatic carbocycles. The highest BCUT2D eigenvalue weighted by atomic mass is 32.2. The Morgan fingerprint density at radius 3 is 2.24 bits per heavy atom. The Balaban J connectivity index is 1.91. The average molecular weight is 423 g/mol. The van der Waals surface area contributed by atoms with Gasteiger partial charge in [-0.3, -0.25) is 9.10 Å². The third kappa shape index (κ3) is 4.86. The SMILES string of the molecule is COc1ccc(S(=O)(=O)N(CC(=O)N2CC[NH+](C)CC2)c2ccc(F)cc2)cc1. The van der Waals surface area contributed by atoms with Crippen molar-refractivity contribution in [1.82, 2.24) is 4.90 Å². The van der Waals surface area contributed by atoms with Crippen LogP contribution in [0.4, 0.5) is 10.1 Å². The van der Waals surface area contributed by atoms with Crippen LogP contribution in [-0.2, 0) is 14.8 Å². The number of anilines is 1. The Bertz CT molecular complexity index is 941. The van der Waals surface area contributed by atoms with Crippen molar-refractivity contribution in [2.45, 2.75) is 4.90 Å². The van der Waals surface area contributed by atoms with Gasteiger partial charge in [-0.1, -0.05) is 0 Å². The standard InChI is InChI=1S/C20H24FN3O4S/c1-22-11-13-23(14-12-22)20(25)15-24(17-5-3-16(21)4-6-17)29(26,27)19-9-7-18(28-2)8-10-19/h3-10H,11-15H2,1-2H3/p+1. The van der Waals surface area contributed by atoms with E-state index < -0.39 is 15.8 Å². The molecule has 0 saturated carbocycles. The molecule has 1 fully saturated rings. The van der Waals surface area contributed by atoms with Gasteiger partial charge < -0.3 is 14.5 Å². The predicted molar refractivity (Wildman–Crippen MR) is 107 cm³/mol. The van der Waals surface area contributed by atoms with Crippen molar-refractivity contribution in [2.75, 3.05) is 51.2 Å². The van der Waals surface area contributed by atoms with Gasteiger partial charge in [0.1, 0.15) is 18.1 Å². The number of carbonyl (C=O) groups excluding carboxylic acids is 1. The number of methoxy groups -OCH3 is 1. The maximum atomic E-state index is 13.4. The number of nitrogens with one attached hydrogen (secondary N) is 1. The molecule has 0 aliphatic carbocycles. The van der Waals surface area contributed by atoms with Gasteiger partial charge in [-0.15, -0.1) is 0 Å². The lowest BCUT2D eigenvalue weighted by molar-refractivity contribution is -0.883. The van der Waals surface area contributed by atoms with E-state index in [1.54, 1.807) is 17.0 Å². The van der Waals surface area contributed by atoms with Crippen LogP contribution in [0.2, 0.25) is 0 Å². The number of likely N-dealkylation sites (N-methyl/N-ethyl adjacent to an activating group) is 1. The summed E-state index contributed by atoms with van der Waals surface area (Å²) in [5, 5.41) is 0. The van der Waals surface area contributed by atoms with E-state index in [4.69, 9.17) is 4.74 Å². The molecular formula is C20H25FN3O4S+. The maximum Gasteiger partial charge on any atom is 0.264 e. The second kappa shape index (κ2) is 8.79. The Morgan fingerprint density at radius 2 is 1.69 bits per heavy atom. The molecule has 0 bridgehead atoms. The lowest BCUT2D eigenvalue weighted by atomic mass is 10.3. The van der Waals surface area contributed by atoms with Crippen LogP contribution in [0.1, 0.15) is 0 Å². The Hall–Kier alpha value is -2.65. The second-order valence-electron chi connectivity index (χ2n) is 7.00. The third-order valence-electron chi connectivity index (χ3n) is 5.01. The molecule has 1 aliphatic heterocycles. The molecule has 1 N–H and O–H groups in total. The number of nitrogens with zero attached hydrogens (tertiary/aromatic N) is 2. The molecule has 7 nitrogen and oxygen atoms in total. The Morgan fingerprint density at radius 1 is 1.10 bits per heavy atom. The van der Waals surface area contributed by atoms with Crippen molar-refractivity contribution in [2.24, 2.45) is 0 Å². The first-order chi connectivity index (χ1) is 13.8. The van der Waals surface area contributed by atoms with Crippen LogP contribution >= 0.6 is 0 Å². The monoisotopic (exact) mass is 422 g/mol. The van der Waals surface area contributed by atoms with Gasteiger partial charge in [0.15, 0.2) is 0 Å². The average Bonchev–Trinajstić information content (AvgIpc) is 2.73. The summed E-state index contributed by atoms with van der Waals surface area (Å²) in [4.78, 5) is 15.9. The summed E-state index contributed by atoms with van der Waals surface area (Å²) in [6, 6.07) is 11.0. The van der Waals surface area contributed by atoms with Crippen molar-refractivity contribution in [1.29, 1.82) is 0 Å². The van der Waals surface area contributed by atoms with Crippen LogP contribution in [0.15, 0.2) is 53.4 Å². The topological polar surface area (TPSA) is 71.4 Å². The molecule has 2 aromatic rings. The van der Waals surface area contributed by atoms with E-state index in [0.717, 1.165) is 17.4 Å². The van der Waals surface area contributed by atoms with E-state index in [0.29, 0.717) is 18.8 Å². The molecule has 156 valence electrons. The lowest BCUT2D eigenvalue weighted by Crippen LogP contribution is -3.12. The van der Waals surface area contributed by atoms with Gasteiger partial charge in [0.2, 0.25) is 5.91 Å². The molecule has 0 spiro atoms. The van der Waals surface area contributed by atoms with E-state index in [9.17, 15) is 17.6 Å². The highest BCUT2D eigenvalue weighted by Crippen LogP contribution is 2.25. The number of benzene rings is 2. The molecule has 1 amide bonds. The highest BCUT2D eigenvalue weighted by molar-refractivity contribution is 7.92. The van der Waals surface area contributed by atoms with E-state index in [1.807, 2.05) is 0 Å². The summed E-state index contributed by atoms with van der Waals surface area (Å²) in [5.41, 5.74) is 0.232. The number of hydrogen-bond acceptors (Lipinski definition) is 4. The zero-order valence-corrected chi connectivity index (χ0v) is 17.3. The quantitative estimate of drug-likeness (QED) is 0.731. The number of sulfonamides is 1. The predicted octanol–water partition coefficient (Wildman–Crippen LogP) is 0.387. The fraction of sp³-hybridized carbons (Fsp3) is 0.350. The first-order valence-corrected chi connectivity index (χ1v) is 10.8. The number of piperazine rings is 1. The van der Waals surface area contributed by atoms with Crippen molar-refractivity contribution in [3.63, 3.8) is 0 Å². The van der Waals surface area contributed by atoms with Gasteiger partial charge in [-0.05, 0) is 48.5 Å². The number of rotatable bonds is 6. The minimum atomic E-state index is -4.03. The molecule has 0 radical (unpaired) electrons. The van der Waals surface area contributed by atoms with E-state index in [1.165, 1.54) is 48.4 Å². The van der Waals surface area contributed by atoms with Crippen LogP contribution in [0, 0.1) is 5.82 Å². The highest BCUT2D eigenvalue weighted by Gasteiger charge is 2.30. The summed E-state index contributed by atoms with van der Waals surface area (Å²) >= 11 is 0. The zero-order valence-electron chi connectivity index (χ0n) is 16.5. The maximum absolute atomic E-state index is 13.4. The van der Waals surface area contributed by atoms with Gasteiger partial charge in [0.05, 0.1) is 50.9 Å². The molecule has 1 saturated heterocycles. The number of hydrogen-bond donors (Lipinski definition) is 1. The number of quaternary nitrogens is 1. The van der Waals surface area contributed by atoms with Gasteiger partial charge in [0, 0.05) is 0 Å². The van der Waals surface area contributed by atoms with Gasteiger partial charge >= 0.3 is 0 Å². The van der Waals surface area contributed by atoms with Crippen molar-refractivity contribution >= 4 is 21.6 Å². The molecule has 1 aliphatic rings. The number of ether oxygens (including phenoxy) is 1. The van der Waals surface area contributed by atoms with Gasteiger partial charge in [0.25, 0.3) is 10.0 Å². The fourth-order valence-electron chi connectivity index (χ4n) is 3.16. The first kappa shape index (κ1) is 21.1. The number of carbonyl (C=O) groups is 1. The van der Waals surface area contributed by atoms with Crippen LogP contribution < -0.4 is 13.9 Å². The summed E-state index contributed by atoms with van der Waals surface area (Å²) in [6.45, 7) is 2.43. The fourth-order valence-corrected chi connectivity index (χ4v) is 4.57. The molecule has 3 rings (SSSR count). The van der Waals surface area contributed by atoms with E-state index in [-0.39, 0.29) is 23.0 Å². The number of amides is 1. The first-order valence-electron chi connectivity index (χ1n) is 9.32. The third-order valence-corrected chi connectivity index (χ3v) is 6.80. The second-order valence-corrected chi connectivity index (χ2v) is 8.86. The van der Waals surface area contributed by atoms with E-state index >= 15 is 0 Å². The van der Waals surface area contributed by atoms with Crippen molar-refractivity contribution in [3.05, 3.63) is 54.3 Å². The smallest absolute Gasteiger partial charge is 0.264 e. The van der Waals surface area contributed by atoms with Crippen LogP contribution in [0.25, 0.3) is 0 Å².